The summed E-state index contributed by atoms with van der Waals surface area (Å²) in [5.74, 6) is -0.183. The first-order valence-electron chi connectivity index (χ1n) is 7.51. The highest BCUT2D eigenvalue weighted by atomic mass is 16.5. The van der Waals surface area contributed by atoms with Gasteiger partial charge in [-0.3, -0.25) is 4.79 Å². The average molecular weight is 310 g/mol. The van der Waals surface area contributed by atoms with E-state index >= 15 is 0 Å². The van der Waals surface area contributed by atoms with Crippen LogP contribution in [0.1, 0.15) is 42.8 Å². The van der Waals surface area contributed by atoms with Crippen LogP contribution in [0.3, 0.4) is 0 Å². The second kappa shape index (κ2) is 9.40. The Labute approximate surface area is 131 Å². The van der Waals surface area contributed by atoms with Gasteiger partial charge in [-0.25, -0.2) is 0 Å². The lowest BCUT2D eigenvalue weighted by molar-refractivity contribution is 0.0978. The number of ether oxygens (including phenoxy) is 2. The maximum atomic E-state index is 11.6. The molecule has 1 aromatic carbocycles. The van der Waals surface area contributed by atoms with Crippen molar-refractivity contribution in [3.63, 3.8) is 0 Å². The molecule has 124 valence electrons. The molecule has 6 nitrogen and oxygen atoms in total. The molecule has 0 bridgehead atoms. The Balaban J connectivity index is 2.78. The van der Waals surface area contributed by atoms with E-state index in [1.54, 1.807) is 18.2 Å². The summed E-state index contributed by atoms with van der Waals surface area (Å²) in [6.07, 6.45) is -0.710. The van der Waals surface area contributed by atoms with Gasteiger partial charge in [0.2, 0.25) is 0 Å². The van der Waals surface area contributed by atoms with Crippen molar-refractivity contribution in [1.29, 1.82) is 0 Å². The molecule has 0 fully saturated rings. The first-order valence-corrected chi connectivity index (χ1v) is 7.51. The SMILES string of the molecule is CCOCCOc1ccc(C(O)CNC(C)C)cc1C(N)=O. The van der Waals surface area contributed by atoms with Crippen molar-refractivity contribution in [2.45, 2.75) is 32.9 Å². The van der Waals surface area contributed by atoms with Crippen molar-refractivity contribution in [1.82, 2.24) is 5.32 Å². The minimum atomic E-state index is -0.710. The minimum absolute atomic E-state index is 0.262. The fraction of sp³-hybridized carbons (Fsp3) is 0.562. The molecular weight excluding hydrogens is 284 g/mol. The van der Waals surface area contributed by atoms with Crippen LogP contribution in [0.5, 0.6) is 5.75 Å². The number of amides is 1. The smallest absolute Gasteiger partial charge is 0.252 e. The Bertz CT molecular complexity index is 477. The molecule has 1 amide bonds. The van der Waals surface area contributed by atoms with E-state index < -0.39 is 12.0 Å². The normalized spacial score (nSPS) is 12.4. The van der Waals surface area contributed by atoms with E-state index in [1.165, 1.54) is 0 Å². The molecule has 6 heteroatoms. The van der Waals surface area contributed by atoms with Gasteiger partial charge in [-0.05, 0) is 24.6 Å². The maximum Gasteiger partial charge on any atom is 0.252 e. The standard InChI is InChI=1S/C16H26N2O4/c1-4-21-7-8-22-15-6-5-12(9-13(15)16(17)20)14(19)10-18-11(2)3/h5-6,9,11,14,18-19H,4,7-8,10H2,1-3H3,(H2,17,20). The molecule has 0 saturated heterocycles. The average Bonchev–Trinajstić information content (AvgIpc) is 2.49. The van der Waals surface area contributed by atoms with Crippen LogP contribution in [0.4, 0.5) is 0 Å². The number of hydrogen-bond acceptors (Lipinski definition) is 5. The molecule has 0 heterocycles. The molecule has 1 unspecified atom stereocenters. The molecule has 0 aliphatic heterocycles. The number of benzene rings is 1. The molecule has 4 N–H and O–H groups in total. The molecule has 0 spiro atoms. The number of nitrogens with one attached hydrogen (secondary N) is 1. The number of primary amides is 1. The summed E-state index contributed by atoms with van der Waals surface area (Å²) in [5.41, 5.74) is 6.27. The van der Waals surface area contributed by atoms with Gasteiger partial charge in [-0.1, -0.05) is 19.9 Å². The van der Waals surface area contributed by atoms with Crippen molar-refractivity contribution in [3.05, 3.63) is 29.3 Å². The topological polar surface area (TPSA) is 93.8 Å². The van der Waals surface area contributed by atoms with Crippen LogP contribution in [-0.2, 0) is 4.74 Å². The van der Waals surface area contributed by atoms with E-state index in [2.05, 4.69) is 5.32 Å². The Morgan fingerprint density at radius 2 is 2.09 bits per heavy atom. The van der Waals surface area contributed by atoms with Crippen LogP contribution in [-0.4, -0.2) is 43.4 Å². The van der Waals surface area contributed by atoms with E-state index in [0.717, 1.165) is 0 Å². The fourth-order valence-corrected chi connectivity index (χ4v) is 1.89. The number of nitrogens with two attached hydrogens (primary N) is 1. The van der Waals surface area contributed by atoms with Gasteiger partial charge in [-0.2, -0.15) is 0 Å². The summed E-state index contributed by atoms with van der Waals surface area (Å²) in [6, 6.07) is 5.23. The van der Waals surface area contributed by atoms with Crippen LogP contribution < -0.4 is 15.8 Å². The number of aliphatic hydroxyl groups excluding tert-OH is 1. The Morgan fingerprint density at radius 1 is 1.36 bits per heavy atom. The van der Waals surface area contributed by atoms with Crippen LogP contribution in [0.15, 0.2) is 18.2 Å². The quantitative estimate of drug-likeness (QED) is 0.565. The molecule has 0 aromatic heterocycles. The summed E-state index contributed by atoms with van der Waals surface area (Å²) >= 11 is 0. The van der Waals surface area contributed by atoms with Crippen molar-refractivity contribution in [2.24, 2.45) is 5.73 Å². The summed E-state index contributed by atoms with van der Waals surface area (Å²) in [7, 11) is 0. The third kappa shape index (κ3) is 6.01. The number of rotatable bonds is 10. The van der Waals surface area contributed by atoms with E-state index in [4.69, 9.17) is 15.2 Å². The van der Waals surface area contributed by atoms with E-state index in [1.807, 2.05) is 20.8 Å². The molecule has 0 aliphatic rings. The predicted molar refractivity (Wildman–Crippen MR) is 85.0 cm³/mol. The number of aliphatic hydroxyl groups is 1. The minimum Gasteiger partial charge on any atom is -0.490 e. The monoisotopic (exact) mass is 310 g/mol. The highest BCUT2D eigenvalue weighted by Crippen LogP contribution is 2.23. The lowest BCUT2D eigenvalue weighted by atomic mass is 10.0. The molecule has 22 heavy (non-hydrogen) atoms. The maximum absolute atomic E-state index is 11.6. The van der Waals surface area contributed by atoms with Gasteiger partial charge in [0.25, 0.3) is 5.91 Å². The van der Waals surface area contributed by atoms with Crippen molar-refractivity contribution >= 4 is 5.91 Å². The lowest BCUT2D eigenvalue weighted by Gasteiger charge is -2.16. The van der Waals surface area contributed by atoms with Crippen LogP contribution in [0.2, 0.25) is 0 Å². The van der Waals surface area contributed by atoms with Crippen molar-refractivity contribution in [2.75, 3.05) is 26.4 Å². The molecular formula is C16H26N2O4. The van der Waals surface area contributed by atoms with E-state index in [0.29, 0.717) is 37.7 Å². The zero-order chi connectivity index (χ0) is 16.5. The van der Waals surface area contributed by atoms with E-state index in [-0.39, 0.29) is 11.6 Å². The first kappa shape index (κ1) is 18.4. The largest absolute Gasteiger partial charge is 0.490 e. The van der Waals surface area contributed by atoms with Gasteiger partial charge in [0.05, 0.1) is 18.3 Å². The second-order valence-corrected chi connectivity index (χ2v) is 5.24. The molecule has 0 radical (unpaired) electrons. The van der Waals surface area contributed by atoms with Gasteiger partial charge in [0.15, 0.2) is 0 Å². The molecule has 1 rings (SSSR count). The zero-order valence-electron chi connectivity index (χ0n) is 13.5. The molecule has 1 aromatic rings. The first-order chi connectivity index (χ1) is 10.5. The van der Waals surface area contributed by atoms with Gasteiger partial charge in [0.1, 0.15) is 12.4 Å². The van der Waals surface area contributed by atoms with Gasteiger partial charge in [-0.15, -0.1) is 0 Å². The Hall–Kier alpha value is -1.63. The van der Waals surface area contributed by atoms with Gasteiger partial charge >= 0.3 is 0 Å². The third-order valence-corrected chi connectivity index (χ3v) is 3.06. The van der Waals surface area contributed by atoms with Crippen molar-refractivity contribution in [3.8, 4) is 5.75 Å². The summed E-state index contributed by atoms with van der Waals surface area (Å²) in [4.78, 5) is 11.6. The van der Waals surface area contributed by atoms with Crippen LogP contribution in [0, 0.1) is 0 Å². The summed E-state index contributed by atoms with van der Waals surface area (Å²) in [5, 5.41) is 13.3. The van der Waals surface area contributed by atoms with Gasteiger partial charge < -0.3 is 25.6 Å². The summed E-state index contributed by atoms with van der Waals surface area (Å²) < 4.78 is 10.7. The number of hydrogen-bond donors (Lipinski definition) is 3. The number of carbonyl (C=O) groups is 1. The van der Waals surface area contributed by atoms with E-state index in [9.17, 15) is 9.90 Å². The van der Waals surface area contributed by atoms with Crippen LogP contribution in [0.25, 0.3) is 0 Å². The highest BCUT2D eigenvalue weighted by molar-refractivity contribution is 5.95. The Kier molecular flexibility index (Phi) is 7.87. The zero-order valence-corrected chi connectivity index (χ0v) is 13.5. The fourth-order valence-electron chi connectivity index (χ4n) is 1.89. The third-order valence-electron chi connectivity index (χ3n) is 3.06. The molecule has 0 aliphatic carbocycles. The molecule has 0 saturated carbocycles. The molecule has 1 atom stereocenters. The highest BCUT2D eigenvalue weighted by Gasteiger charge is 2.15. The predicted octanol–water partition coefficient (Wildman–Crippen LogP) is 1.23. The number of carbonyl (C=O) groups excluding carboxylic acids is 1. The van der Waals surface area contributed by atoms with Gasteiger partial charge in [0, 0.05) is 19.2 Å². The lowest BCUT2D eigenvalue weighted by Crippen LogP contribution is -2.28. The Morgan fingerprint density at radius 3 is 2.68 bits per heavy atom. The second-order valence-electron chi connectivity index (χ2n) is 5.24. The summed E-state index contributed by atoms with van der Waals surface area (Å²) in [6.45, 7) is 7.69. The van der Waals surface area contributed by atoms with Crippen molar-refractivity contribution < 1.29 is 19.4 Å². The van der Waals surface area contributed by atoms with Crippen LogP contribution >= 0.6 is 0 Å².